The second-order valence-electron chi connectivity index (χ2n) is 7.47. The molecule has 0 radical (unpaired) electrons. The molecular weight excluding hydrogens is 392 g/mol. The van der Waals surface area contributed by atoms with Crippen molar-refractivity contribution in [3.8, 4) is 22.8 Å². The number of fused-ring (bicyclic) bond motifs is 1. The van der Waals surface area contributed by atoms with Crippen LogP contribution in [0.4, 0.5) is 11.4 Å². The van der Waals surface area contributed by atoms with Crippen LogP contribution in [0.1, 0.15) is 6.92 Å². The smallest absolute Gasteiger partial charge is 0.124 e. The standard InChI is InChI=1S/C24H26N4O3/c1-16(15-29)28(19-9-20(30-3)12-21(10-19)31-4)18-5-6-22-23(11-18)26-24(13-25-22)17-7-8-27(2)14-17/h5-14,16,29H,15H2,1-4H3. The summed E-state index contributed by atoms with van der Waals surface area (Å²) in [6.07, 6.45) is 5.79. The molecule has 0 aliphatic heterocycles. The highest BCUT2D eigenvalue weighted by molar-refractivity contribution is 5.83. The van der Waals surface area contributed by atoms with Crippen LogP contribution in [0.3, 0.4) is 0 Å². The number of aliphatic hydroxyl groups is 1. The van der Waals surface area contributed by atoms with Gasteiger partial charge in [0.1, 0.15) is 11.5 Å². The highest BCUT2D eigenvalue weighted by Crippen LogP contribution is 2.35. The summed E-state index contributed by atoms with van der Waals surface area (Å²) in [7, 11) is 5.22. The number of anilines is 2. The van der Waals surface area contributed by atoms with Crippen molar-refractivity contribution < 1.29 is 14.6 Å². The third-order valence-corrected chi connectivity index (χ3v) is 5.25. The number of aryl methyl sites for hydroxylation is 1. The Kier molecular flexibility index (Phi) is 5.77. The molecule has 0 saturated heterocycles. The Labute approximate surface area is 181 Å². The molecule has 4 aromatic rings. The zero-order valence-electron chi connectivity index (χ0n) is 18.1. The van der Waals surface area contributed by atoms with E-state index in [-0.39, 0.29) is 12.6 Å². The van der Waals surface area contributed by atoms with Gasteiger partial charge in [0, 0.05) is 54.6 Å². The fourth-order valence-electron chi connectivity index (χ4n) is 3.61. The Morgan fingerprint density at radius 2 is 1.74 bits per heavy atom. The van der Waals surface area contributed by atoms with E-state index in [0.717, 1.165) is 33.7 Å². The Morgan fingerprint density at radius 1 is 1.00 bits per heavy atom. The summed E-state index contributed by atoms with van der Waals surface area (Å²) >= 11 is 0. The first-order valence-corrected chi connectivity index (χ1v) is 10.0. The normalized spacial score (nSPS) is 12.0. The van der Waals surface area contributed by atoms with Gasteiger partial charge in [0.25, 0.3) is 0 Å². The van der Waals surface area contributed by atoms with E-state index >= 15 is 0 Å². The molecule has 0 bridgehead atoms. The lowest BCUT2D eigenvalue weighted by Gasteiger charge is -2.31. The van der Waals surface area contributed by atoms with E-state index in [9.17, 15) is 5.11 Å². The number of rotatable bonds is 7. The van der Waals surface area contributed by atoms with E-state index in [2.05, 4.69) is 4.98 Å². The molecular formula is C24H26N4O3. The Hall–Kier alpha value is -3.58. The lowest BCUT2D eigenvalue weighted by molar-refractivity contribution is 0.272. The molecule has 2 aromatic heterocycles. The summed E-state index contributed by atoms with van der Waals surface area (Å²) in [5, 5.41) is 9.95. The molecule has 7 nitrogen and oxygen atoms in total. The maximum atomic E-state index is 9.95. The van der Waals surface area contributed by atoms with Crippen LogP contribution in [0.5, 0.6) is 11.5 Å². The van der Waals surface area contributed by atoms with Crippen LogP contribution < -0.4 is 14.4 Å². The van der Waals surface area contributed by atoms with E-state index in [1.54, 1.807) is 20.4 Å². The monoisotopic (exact) mass is 418 g/mol. The van der Waals surface area contributed by atoms with Gasteiger partial charge in [0.05, 0.1) is 49.8 Å². The fourth-order valence-corrected chi connectivity index (χ4v) is 3.61. The number of methoxy groups -OCH3 is 2. The predicted octanol–water partition coefficient (Wildman–Crippen LogP) is 4.17. The molecule has 1 atom stereocenters. The van der Waals surface area contributed by atoms with Gasteiger partial charge in [-0.3, -0.25) is 4.98 Å². The van der Waals surface area contributed by atoms with Gasteiger partial charge in [-0.05, 0) is 31.2 Å². The Balaban J connectivity index is 1.82. The van der Waals surface area contributed by atoms with Crippen molar-refractivity contribution in [3.05, 3.63) is 61.1 Å². The van der Waals surface area contributed by atoms with Crippen molar-refractivity contribution in [2.24, 2.45) is 7.05 Å². The third kappa shape index (κ3) is 4.18. The molecule has 1 N–H and O–H groups in total. The number of nitrogens with zero attached hydrogens (tertiary/aromatic N) is 4. The van der Waals surface area contributed by atoms with Crippen molar-refractivity contribution in [2.75, 3.05) is 25.7 Å². The van der Waals surface area contributed by atoms with Crippen LogP contribution in [-0.2, 0) is 7.05 Å². The van der Waals surface area contributed by atoms with Crippen LogP contribution >= 0.6 is 0 Å². The van der Waals surface area contributed by atoms with Gasteiger partial charge >= 0.3 is 0 Å². The van der Waals surface area contributed by atoms with Crippen LogP contribution in [0.25, 0.3) is 22.3 Å². The molecule has 0 saturated carbocycles. The summed E-state index contributed by atoms with van der Waals surface area (Å²) in [5.74, 6) is 1.35. The van der Waals surface area contributed by atoms with Crippen molar-refractivity contribution >= 4 is 22.4 Å². The number of hydrogen-bond donors (Lipinski definition) is 1. The average Bonchev–Trinajstić information content (AvgIpc) is 3.24. The van der Waals surface area contributed by atoms with Crippen molar-refractivity contribution in [2.45, 2.75) is 13.0 Å². The zero-order chi connectivity index (χ0) is 22.0. The molecule has 4 rings (SSSR count). The quantitative estimate of drug-likeness (QED) is 0.486. The van der Waals surface area contributed by atoms with Crippen LogP contribution in [0, 0.1) is 0 Å². The van der Waals surface area contributed by atoms with E-state index in [1.807, 2.05) is 78.3 Å². The molecule has 0 spiro atoms. The molecule has 1 unspecified atom stereocenters. The Bertz CT molecular complexity index is 1180. The molecule has 0 amide bonds. The fraction of sp³-hybridized carbons (Fsp3) is 0.250. The van der Waals surface area contributed by atoms with E-state index in [1.165, 1.54) is 0 Å². The minimum atomic E-state index is -0.181. The summed E-state index contributed by atoms with van der Waals surface area (Å²) in [6, 6.07) is 13.4. The number of ether oxygens (including phenoxy) is 2. The van der Waals surface area contributed by atoms with E-state index < -0.39 is 0 Å². The minimum absolute atomic E-state index is 0.0205. The minimum Gasteiger partial charge on any atom is -0.497 e. The van der Waals surface area contributed by atoms with Crippen LogP contribution in [0.15, 0.2) is 61.1 Å². The molecule has 2 aromatic carbocycles. The maximum Gasteiger partial charge on any atom is 0.124 e. The highest BCUT2D eigenvalue weighted by atomic mass is 16.5. The van der Waals surface area contributed by atoms with Gasteiger partial charge in [-0.25, -0.2) is 4.98 Å². The third-order valence-electron chi connectivity index (χ3n) is 5.25. The first kappa shape index (κ1) is 20.7. The summed E-state index contributed by atoms with van der Waals surface area (Å²) in [4.78, 5) is 11.5. The lowest BCUT2D eigenvalue weighted by Crippen LogP contribution is -2.31. The van der Waals surface area contributed by atoms with Gasteiger partial charge in [-0.1, -0.05) is 0 Å². The SMILES string of the molecule is COc1cc(OC)cc(N(c2ccc3ncc(-c4ccn(C)c4)nc3c2)C(C)CO)c1. The topological polar surface area (TPSA) is 72.6 Å². The Morgan fingerprint density at radius 3 is 2.35 bits per heavy atom. The average molecular weight is 418 g/mol. The molecule has 0 aliphatic rings. The van der Waals surface area contributed by atoms with Gasteiger partial charge in [-0.2, -0.15) is 0 Å². The summed E-state index contributed by atoms with van der Waals surface area (Å²) in [6.45, 7) is 1.94. The summed E-state index contributed by atoms with van der Waals surface area (Å²) < 4.78 is 12.9. The van der Waals surface area contributed by atoms with Gasteiger partial charge in [0.15, 0.2) is 0 Å². The predicted molar refractivity (Wildman–Crippen MR) is 122 cm³/mol. The molecule has 7 heteroatoms. The maximum absolute atomic E-state index is 9.95. The second-order valence-corrected chi connectivity index (χ2v) is 7.47. The van der Waals surface area contributed by atoms with E-state index in [4.69, 9.17) is 14.5 Å². The van der Waals surface area contributed by atoms with Gasteiger partial charge in [-0.15, -0.1) is 0 Å². The first-order valence-electron chi connectivity index (χ1n) is 10.0. The largest absolute Gasteiger partial charge is 0.497 e. The molecule has 160 valence electrons. The molecule has 0 fully saturated rings. The van der Waals surface area contributed by atoms with Crippen LogP contribution in [-0.4, -0.2) is 46.5 Å². The van der Waals surface area contributed by atoms with Gasteiger partial charge in [0.2, 0.25) is 0 Å². The van der Waals surface area contributed by atoms with E-state index in [0.29, 0.717) is 11.5 Å². The van der Waals surface area contributed by atoms with Crippen molar-refractivity contribution in [1.82, 2.24) is 14.5 Å². The van der Waals surface area contributed by atoms with Crippen molar-refractivity contribution in [3.63, 3.8) is 0 Å². The second kappa shape index (κ2) is 8.65. The number of hydrogen-bond acceptors (Lipinski definition) is 6. The molecule has 2 heterocycles. The lowest BCUT2D eigenvalue weighted by atomic mass is 10.1. The van der Waals surface area contributed by atoms with Crippen LogP contribution in [0.2, 0.25) is 0 Å². The first-order chi connectivity index (χ1) is 15.0. The highest BCUT2D eigenvalue weighted by Gasteiger charge is 2.19. The van der Waals surface area contributed by atoms with Crippen molar-refractivity contribution in [1.29, 1.82) is 0 Å². The van der Waals surface area contributed by atoms with Gasteiger partial charge < -0.3 is 24.0 Å². The number of benzene rings is 2. The number of aliphatic hydroxyl groups excluding tert-OH is 1. The number of aromatic nitrogens is 3. The summed E-state index contributed by atoms with van der Waals surface area (Å²) in [5.41, 5.74) is 5.16. The zero-order valence-corrected chi connectivity index (χ0v) is 18.1. The molecule has 31 heavy (non-hydrogen) atoms. The molecule has 0 aliphatic carbocycles.